The molecular weight excluding hydrogens is 318 g/mol. The molecule has 2 rings (SSSR count). The van der Waals surface area contributed by atoms with Gasteiger partial charge in [0.15, 0.2) is 11.9 Å². The number of carbonyl (C=O) groups is 2. The quantitative estimate of drug-likeness (QED) is 0.565. The predicted octanol–water partition coefficient (Wildman–Crippen LogP) is 0.476. The van der Waals surface area contributed by atoms with E-state index in [1.165, 1.54) is 31.0 Å². The van der Waals surface area contributed by atoms with Crippen LogP contribution in [0.2, 0.25) is 0 Å². The van der Waals surface area contributed by atoms with Gasteiger partial charge in [-0.1, -0.05) is 0 Å². The Balaban J connectivity index is 2.30. The van der Waals surface area contributed by atoms with Crippen LogP contribution in [0.5, 0.6) is 5.75 Å². The van der Waals surface area contributed by atoms with Crippen molar-refractivity contribution in [3.8, 4) is 11.8 Å². The number of aromatic nitrogens is 1. The molecule has 0 fully saturated rings. The van der Waals surface area contributed by atoms with E-state index in [2.05, 4.69) is 4.98 Å². The molecular formula is C14H15N5O5. The molecule has 0 aliphatic carbocycles. The predicted molar refractivity (Wildman–Crippen MR) is 81.2 cm³/mol. The third kappa shape index (κ3) is 3.40. The lowest BCUT2D eigenvalue weighted by Crippen LogP contribution is -2.49. The van der Waals surface area contributed by atoms with E-state index in [1.807, 2.05) is 6.07 Å². The number of carbonyl (C=O) groups excluding carboxylic acids is 2. The Hall–Kier alpha value is -3.22. The van der Waals surface area contributed by atoms with E-state index in [0.29, 0.717) is 0 Å². The van der Waals surface area contributed by atoms with Crippen molar-refractivity contribution in [2.45, 2.75) is 19.4 Å². The average molecular weight is 333 g/mol. The molecule has 10 nitrogen and oxygen atoms in total. The highest BCUT2D eigenvalue weighted by atomic mass is 16.6. The lowest BCUT2D eigenvalue weighted by Gasteiger charge is -2.30. The van der Waals surface area contributed by atoms with Crippen LogP contribution >= 0.6 is 0 Å². The molecule has 1 aliphatic rings. The third-order valence-electron chi connectivity index (χ3n) is 3.46. The maximum absolute atomic E-state index is 12.3. The molecule has 126 valence electrons. The topological polar surface area (TPSA) is 130 Å². The molecule has 0 N–H and O–H groups in total. The van der Waals surface area contributed by atoms with Gasteiger partial charge in [0.05, 0.1) is 12.5 Å². The van der Waals surface area contributed by atoms with Gasteiger partial charge in [-0.3, -0.25) is 14.5 Å². The van der Waals surface area contributed by atoms with Gasteiger partial charge >= 0.3 is 5.82 Å². The number of likely N-dealkylation sites (N-methyl/N-ethyl adjacent to an activating group) is 1. The largest absolute Gasteiger partial charge is 0.475 e. The van der Waals surface area contributed by atoms with Crippen LogP contribution in [0.15, 0.2) is 12.1 Å². The SMILES string of the molecule is CC1Oc2ccc([N+](=O)[O-])nc2N(CC(=O)N(C)CCC#N)C1=O. The van der Waals surface area contributed by atoms with E-state index in [0.717, 1.165) is 4.90 Å². The van der Waals surface area contributed by atoms with Gasteiger partial charge in [-0.2, -0.15) is 5.26 Å². The second-order valence-electron chi connectivity index (χ2n) is 5.16. The summed E-state index contributed by atoms with van der Waals surface area (Å²) in [5.41, 5.74) is 0. The molecule has 1 unspecified atom stereocenters. The number of fused-ring (bicyclic) bond motifs is 1. The Morgan fingerprint density at radius 1 is 1.58 bits per heavy atom. The first-order valence-electron chi connectivity index (χ1n) is 7.09. The minimum Gasteiger partial charge on any atom is -0.475 e. The smallest absolute Gasteiger partial charge is 0.366 e. The molecule has 0 aromatic carbocycles. The summed E-state index contributed by atoms with van der Waals surface area (Å²) in [5.74, 6) is -1.24. The number of nitrogens with zero attached hydrogens (tertiary/aromatic N) is 5. The number of amides is 2. The van der Waals surface area contributed by atoms with Gasteiger partial charge in [-0.25, -0.2) is 0 Å². The van der Waals surface area contributed by atoms with Gasteiger partial charge in [0.2, 0.25) is 5.91 Å². The molecule has 0 saturated carbocycles. The standard InChI is InChI=1S/C14H15N5O5/c1-9-14(21)18(8-12(20)17(2)7-3-6-15)13-10(24-9)4-5-11(16-13)19(22)23/h4-5,9H,3,7-8H2,1-2H3. The van der Waals surface area contributed by atoms with Gasteiger partial charge in [-0.05, 0) is 22.9 Å². The summed E-state index contributed by atoms with van der Waals surface area (Å²) in [7, 11) is 1.51. The molecule has 2 heterocycles. The number of hydrogen-bond acceptors (Lipinski definition) is 7. The fourth-order valence-electron chi connectivity index (χ4n) is 2.13. The van der Waals surface area contributed by atoms with E-state index in [9.17, 15) is 19.7 Å². The highest BCUT2D eigenvalue weighted by Gasteiger charge is 2.38. The van der Waals surface area contributed by atoms with Crippen molar-refractivity contribution in [3.05, 3.63) is 22.2 Å². The zero-order valence-corrected chi connectivity index (χ0v) is 13.1. The normalized spacial score (nSPS) is 16.0. The Labute approximate surface area is 137 Å². The molecule has 10 heteroatoms. The molecule has 0 radical (unpaired) electrons. The number of nitro groups is 1. The maximum atomic E-state index is 12.3. The van der Waals surface area contributed by atoms with E-state index in [1.54, 1.807) is 0 Å². The number of ether oxygens (including phenoxy) is 1. The summed E-state index contributed by atoms with van der Waals surface area (Å²) >= 11 is 0. The van der Waals surface area contributed by atoms with Crippen LogP contribution < -0.4 is 9.64 Å². The minimum absolute atomic E-state index is 0.0608. The summed E-state index contributed by atoms with van der Waals surface area (Å²) in [6.45, 7) is 1.40. The van der Waals surface area contributed by atoms with Crippen molar-refractivity contribution in [3.63, 3.8) is 0 Å². The molecule has 24 heavy (non-hydrogen) atoms. The second kappa shape index (κ2) is 6.91. The summed E-state index contributed by atoms with van der Waals surface area (Å²) in [5, 5.41) is 19.4. The fraction of sp³-hybridized carbons (Fsp3) is 0.429. The van der Waals surface area contributed by atoms with E-state index < -0.39 is 28.7 Å². The first-order valence-corrected chi connectivity index (χ1v) is 7.09. The third-order valence-corrected chi connectivity index (χ3v) is 3.46. The molecule has 2 amide bonds. The van der Waals surface area contributed by atoms with Gasteiger partial charge in [0.25, 0.3) is 11.7 Å². The van der Waals surface area contributed by atoms with Crippen LogP contribution in [-0.2, 0) is 9.59 Å². The molecule has 1 aromatic rings. The van der Waals surface area contributed by atoms with E-state index in [4.69, 9.17) is 10.00 Å². The lowest BCUT2D eigenvalue weighted by atomic mass is 10.2. The highest BCUT2D eigenvalue weighted by Crippen LogP contribution is 2.33. The van der Waals surface area contributed by atoms with Gasteiger partial charge in [-0.15, -0.1) is 0 Å². The summed E-state index contributed by atoms with van der Waals surface area (Å²) in [6, 6.07) is 4.44. The summed E-state index contributed by atoms with van der Waals surface area (Å²) in [6.07, 6.45) is -0.673. The molecule has 0 bridgehead atoms. The van der Waals surface area contributed by atoms with Crippen molar-refractivity contribution in [2.75, 3.05) is 25.0 Å². The summed E-state index contributed by atoms with van der Waals surface area (Å²) < 4.78 is 5.37. The zero-order chi connectivity index (χ0) is 17.9. The van der Waals surface area contributed by atoms with Gasteiger partial charge < -0.3 is 19.8 Å². The number of hydrogen-bond donors (Lipinski definition) is 0. The second-order valence-corrected chi connectivity index (χ2v) is 5.16. The number of anilines is 1. The van der Waals surface area contributed by atoms with Gasteiger partial charge in [0, 0.05) is 19.7 Å². The monoisotopic (exact) mass is 333 g/mol. The van der Waals surface area contributed by atoms with Crippen LogP contribution in [0.25, 0.3) is 0 Å². The van der Waals surface area contributed by atoms with Crippen molar-refractivity contribution >= 4 is 23.5 Å². The zero-order valence-electron chi connectivity index (χ0n) is 13.1. The summed E-state index contributed by atoms with van der Waals surface area (Å²) in [4.78, 5) is 40.9. The Kier molecular flexibility index (Phi) is 4.93. The molecule has 1 aliphatic heterocycles. The van der Waals surface area contributed by atoms with Crippen molar-refractivity contribution in [2.24, 2.45) is 0 Å². The number of nitriles is 1. The van der Waals surface area contributed by atoms with Gasteiger partial charge in [0.1, 0.15) is 6.54 Å². The molecule has 0 spiro atoms. The molecule has 1 atom stereocenters. The van der Waals surface area contributed by atoms with Crippen molar-refractivity contribution in [1.82, 2.24) is 9.88 Å². The van der Waals surface area contributed by atoms with Crippen molar-refractivity contribution in [1.29, 1.82) is 5.26 Å². The number of pyridine rings is 1. The number of rotatable bonds is 5. The Morgan fingerprint density at radius 2 is 2.29 bits per heavy atom. The average Bonchev–Trinajstić information content (AvgIpc) is 2.56. The molecule has 0 saturated heterocycles. The first kappa shape index (κ1) is 17.1. The Bertz CT molecular complexity index is 729. The van der Waals surface area contributed by atoms with Crippen molar-refractivity contribution < 1.29 is 19.2 Å². The van der Waals surface area contributed by atoms with E-state index in [-0.39, 0.29) is 31.1 Å². The van der Waals surface area contributed by atoms with Crippen LogP contribution in [0.4, 0.5) is 11.6 Å². The maximum Gasteiger partial charge on any atom is 0.366 e. The van der Waals surface area contributed by atoms with Crippen LogP contribution in [0.3, 0.4) is 0 Å². The van der Waals surface area contributed by atoms with E-state index >= 15 is 0 Å². The lowest BCUT2D eigenvalue weighted by molar-refractivity contribution is -0.389. The Morgan fingerprint density at radius 3 is 2.92 bits per heavy atom. The van der Waals surface area contributed by atoms with Crippen LogP contribution in [-0.4, -0.2) is 52.9 Å². The molecule has 1 aromatic heterocycles. The minimum atomic E-state index is -0.835. The first-order chi connectivity index (χ1) is 11.3. The fourth-order valence-corrected chi connectivity index (χ4v) is 2.13. The van der Waals surface area contributed by atoms with Crippen LogP contribution in [0, 0.1) is 21.4 Å². The van der Waals surface area contributed by atoms with Crippen LogP contribution in [0.1, 0.15) is 13.3 Å². The highest BCUT2D eigenvalue weighted by molar-refractivity contribution is 6.02.